The molecule has 1 spiro atoms. The third-order valence-electron chi connectivity index (χ3n) is 8.41. The van der Waals surface area contributed by atoms with Crippen LogP contribution in [0.4, 0.5) is 0 Å². The van der Waals surface area contributed by atoms with Crippen molar-refractivity contribution in [1.29, 1.82) is 0 Å². The van der Waals surface area contributed by atoms with Crippen LogP contribution in [0.15, 0.2) is 60.8 Å². The van der Waals surface area contributed by atoms with Gasteiger partial charge in [0.05, 0.1) is 41.2 Å². The number of hydrogen-bond donors (Lipinski definition) is 0. The molecule has 2 aliphatic rings. The van der Waals surface area contributed by atoms with Crippen molar-refractivity contribution >= 4 is 35.4 Å². The molecule has 1 amide bonds. The van der Waals surface area contributed by atoms with Gasteiger partial charge in [-0.3, -0.25) is 19.5 Å². The maximum absolute atomic E-state index is 12.0. The van der Waals surface area contributed by atoms with Crippen LogP contribution in [0.3, 0.4) is 0 Å². The fourth-order valence-electron chi connectivity index (χ4n) is 6.27. The number of likely N-dealkylation sites (tertiary alicyclic amines) is 2. The molecule has 0 bridgehead atoms. The molecule has 2 aromatic heterocycles. The number of pyridine rings is 2. The maximum atomic E-state index is 12.0. The maximum Gasteiger partial charge on any atom is 0.248 e. The van der Waals surface area contributed by atoms with Gasteiger partial charge in [-0.1, -0.05) is 53.5 Å². The van der Waals surface area contributed by atoms with Crippen molar-refractivity contribution in [3.05, 3.63) is 82.0 Å². The Balaban J connectivity index is 1.22. The minimum Gasteiger partial charge on any atom is -0.496 e. The number of ether oxygens (including phenoxy) is 3. The zero-order valence-electron chi connectivity index (χ0n) is 25.2. The molecule has 0 atom stereocenters. The minimum absolute atomic E-state index is 0.0449. The summed E-state index contributed by atoms with van der Waals surface area (Å²) in [6.45, 7) is 4.23. The number of nitrogens with zero attached hydrogens (tertiary/aromatic N) is 4. The summed E-state index contributed by atoms with van der Waals surface area (Å²) in [4.78, 5) is 37.0. The lowest BCUT2D eigenvalue weighted by atomic mass is 9.72. The Morgan fingerprint density at radius 3 is 2.40 bits per heavy atom. The second kappa shape index (κ2) is 12.8. The molecule has 11 heteroatoms. The molecule has 232 valence electrons. The van der Waals surface area contributed by atoms with E-state index in [0.717, 1.165) is 49.2 Å². The van der Waals surface area contributed by atoms with E-state index in [-0.39, 0.29) is 17.9 Å². The lowest BCUT2D eigenvalue weighted by Crippen LogP contribution is -2.72. The second-order valence-corrected chi connectivity index (χ2v) is 12.2. The number of rotatable bonds is 10. The van der Waals surface area contributed by atoms with E-state index in [1.165, 1.54) is 7.11 Å². The molecule has 6 rings (SSSR count). The molecule has 0 N–H and O–H groups in total. The van der Waals surface area contributed by atoms with E-state index in [1.807, 2.05) is 41.3 Å². The van der Waals surface area contributed by atoms with Crippen molar-refractivity contribution in [2.24, 2.45) is 5.41 Å². The Hall–Kier alpha value is -4.02. The first-order valence-corrected chi connectivity index (χ1v) is 15.2. The molecule has 0 saturated carbocycles. The number of aldehydes is 1. The monoisotopic (exact) mass is 646 g/mol. The van der Waals surface area contributed by atoms with Crippen LogP contribution in [-0.4, -0.2) is 86.1 Å². The highest BCUT2D eigenvalue weighted by atomic mass is 35.5. The molecule has 2 aromatic carbocycles. The molecule has 2 fully saturated rings. The number of aromatic nitrogens is 2. The topological polar surface area (TPSA) is 94.1 Å². The van der Waals surface area contributed by atoms with Crippen molar-refractivity contribution in [3.8, 4) is 45.3 Å². The molecular weight excluding hydrogens is 615 g/mol. The van der Waals surface area contributed by atoms with Gasteiger partial charge in [-0.05, 0) is 24.3 Å². The quantitative estimate of drug-likeness (QED) is 0.197. The van der Waals surface area contributed by atoms with E-state index in [4.69, 9.17) is 42.4 Å². The van der Waals surface area contributed by atoms with Crippen molar-refractivity contribution < 1.29 is 23.8 Å². The summed E-state index contributed by atoms with van der Waals surface area (Å²) in [5.74, 6) is 1.02. The van der Waals surface area contributed by atoms with E-state index in [1.54, 1.807) is 38.6 Å². The number of benzene rings is 2. The Kier molecular flexibility index (Phi) is 8.79. The van der Waals surface area contributed by atoms with Gasteiger partial charge in [0.25, 0.3) is 0 Å². The minimum atomic E-state index is 0.0449. The van der Waals surface area contributed by atoms with Gasteiger partial charge in [0, 0.05) is 79.3 Å². The highest BCUT2D eigenvalue weighted by Gasteiger charge is 2.52. The number of carbonyl (C=O) groups excluding carboxylic acids is 2. The highest BCUT2D eigenvalue weighted by Crippen LogP contribution is 2.43. The first-order valence-electron chi connectivity index (χ1n) is 14.4. The average Bonchev–Trinajstić information content (AvgIpc) is 3.01. The standard InChI is InChI=1S/C34H32Cl2N4O5/c1-43-16-29(42)40-19-34(20-40)17-39(18-34)14-22-9-10-27(38-33(22)45-3)26-6-4-5-24(30(26)35)25-11-12-37-32(31(25)36)21-7-8-23(15-41)28(13-21)44-2/h4-13,15H,14,16-20H2,1-3H3. The molecule has 0 unspecified atom stereocenters. The van der Waals surface area contributed by atoms with Gasteiger partial charge in [0.15, 0.2) is 6.29 Å². The predicted molar refractivity (Wildman–Crippen MR) is 173 cm³/mol. The zero-order valence-corrected chi connectivity index (χ0v) is 26.7. The van der Waals surface area contributed by atoms with E-state index in [2.05, 4.69) is 9.88 Å². The van der Waals surface area contributed by atoms with E-state index in [9.17, 15) is 9.59 Å². The van der Waals surface area contributed by atoms with E-state index < -0.39 is 0 Å². The molecule has 0 radical (unpaired) electrons. The van der Waals surface area contributed by atoms with Gasteiger partial charge in [-0.15, -0.1) is 0 Å². The Labute approximate surface area is 271 Å². The van der Waals surface area contributed by atoms with E-state index in [0.29, 0.717) is 56.3 Å². The van der Waals surface area contributed by atoms with Crippen LogP contribution in [0.25, 0.3) is 33.6 Å². The second-order valence-electron chi connectivity index (χ2n) is 11.5. The van der Waals surface area contributed by atoms with Crippen LogP contribution in [0.1, 0.15) is 15.9 Å². The Bertz CT molecular complexity index is 1770. The summed E-state index contributed by atoms with van der Waals surface area (Å²) in [5.41, 5.74) is 5.70. The molecule has 4 heterocycles. The molecule has 9 nitrogen and oxygen atoms in total. The van der Waals surface area contributed by atoms with Gasteiger partial charge in [0.2, 0.25) is 11.8 Å². The third-order valence-corrected chi connectivity index (χ3v) is 9.20. The molecule has 0 aliphatic carbocycles. The molecular formula is C34H32Cl2N4O5. The number of carbonyl (C=O) groups is 2. The molecule has 45 heavy (non-hydrogen) atoms. The lowest BCUT2D eigenvalue weighted by molar-refractivity contribution is -0.163. The number of halogens is 2. The number of methoxy groups -OCH3 is 3. The Morgan fingerprint density at radius 1 is 0.933 bits per heavy atom. The largest absolute Gasteiger partial charge is 0.496 e. The van der Waals surface area contributed by atoms with E-state index >= 15 is 0 Å². The van der Waals surface area contributed by atoms with Gasteiger partial charge in [-0.2, -0.15) is 0 Å². The van der Waals surface area contributed by atoms with Crippen LogP contribution in [0.5, 0.6) is 11.6 Å². The first kappa shape index (κ1) is 31.0. The van der Waals surface area contributed by atoms with Crippen LogP contribution in [-0.2, 0) is 16.1 Å². The van der Waals surface area contributed by atoms with Crippen LogP contribution >= 0.6 is 23.2 Å². The summed E-state index contributed by atoms with van der Waals surface area (Å²) in [5, 5.41) is 0.915. The van der Waals surface area contributed by atoms with Crippen LogP contribution in [0, 0.1) is 5.41 Å². The SMILES string of the molecule is COCC(=O)N1CC2(CN(Cc3ccc(-c4cccc(-c5ccnc(-c6ccc(C=O)c(OC)c6)c5Cl)c4Cl)nc3OC)C2)C1. The summed E-state index contributed by atoms with van der Waals surface area (Å²) in [6.07, 6.45) is 2.42. The fourth-order valence-corrected chi connectivity index (χ4v) is 6.92. The summed E-state index contributed by atoms with van der Waals surface area (Å²) in [7, 11) is 4.67. The summed E-state index contributed by atoms with van der Waals surface area (Å²) in [6, 6.07) is 16.7. The molecule has 4 aromatic rings. The summed E-state index contributed by atoms with van der Waals surface area (Å²) >= 11 is 14.0. The normalized spacial score (nSPS) is 15.4. The van der Waals surface area contributed by atoms with Crippen molar-refractivity contribution in [2.75, 3.05) is 54.1 Å². The van der Waals surface area contributed by atoms with Gasteiger partial charge < -0.3 is 19.1 Å². The number of amides is 1. The average molecular weight is 648 g/mol. The summed E-state index contributed by atoms with van der Waals surface area (Å²) < 4.78 is 16.1. The molecule has 2 saturated heterocycles. The van der Waals surface area contributed by atoms with Gasteiger partial charge in [-0.25, -0.2) is 4.98 Å². The van der Waals surface area contributed by atoms with Crippen LogP contribution in [0.2, 0.25) is 10.0 Å². The van der Waals surface area contributed by atoms with Gasteiger partial charge >= 0.3 is 0 Å². The predicted octanol–water partition coefficient (Wildman–Crippen LogP) is 5.90. The number of hydrogen-bond acceptors (Lipinski definition) is 8. The van der Waals surface area contributed by atoms with Crippen molar-refractivity contribution in [1.82, 2.24) is 19.8 Å². The van der Waals surface area contributed by atoms with Crippen molar-refractivity contribution in [3.63, 3.8) is 0 Å². The Morgan fingerprint density at radius 2 is 1.69 bits per heavy atom. The first-order chi connectivity index (χ1) is 21.8. The third kappa shape index (κ3) is 5.89. The lowest BCUT2D eigenvalue weighted by Gasteiger charge is -2.60. The van der Waals surface area contributed by atoms with Gasteiger partial charge in [0.1, 0.15) is 12.4 Å². The van der Waals surface area contributed by atoms with Crippen LogP contribution < -0.4 is 9.47 Å². The fraction of sp³-hybridized carbons (Fsp3) is 0.294. The highest BCUT2D eigenvalue weighted by molar-refractivity contribution is 6.39. The van der Waals surface area contributed by atoms with Crippen molar-refractivity contribution in [2.45, 2.75) is 6.54 Å². The smallest absolute Gasteiger partial charge is 0.248 e. The molecule has 2 aliphatic heterocycles. The zero-order chi connectivity index (χ0) is 31.7.